The summed E-state index contributed by atoms with van der Waals surface area (Å²) in [7, 11) is 0. The molecule has 1 aromatic carbocycles. The van der Waals surface area contributed by atoms with E-state index in [1.54, 1.807) is 0 Å². The standard InChI is InChI=1S/C12H10FN3O5/c13-7-1-3-9(16(18)19)11(5-7)20-6-8-2-4-10(21-8)12(17)15-14/h1-5H,6,14H2,(H,15,17). The highest BCUT2D eigenvalue weighted by molar-refractivity contribution is 5.90. The van der Waals surface area contributed by atoms with Gasteiger partial charge in [0, 0.05) is 12.1 Å². The third-order valence-electron chi connectivity index (χ3n) is 2.51. The summed E-state index contributed by atoms with van der Waals surface area (Å²) in [6.07, 6.45) is 0. The Kier molecular flexibility index (Phi) is 4.14. The molecular weight excluding hydrogens is 285 g/mol. The molecule has 0 aliphatic heterocycles. The summed E-state index contributed by atoms with van der Waals surface area (Å²) >= 11 is 0. The lowest BCUT2D eigenvalue weighted by atomic mass is 10.3. The lowest BCUT2D eigenvalue weighted by Gasteiger charge is -2.05. The molecule has 21 heavy (non-hydrogen) atoms. The fourth-order valence-electron chi connectivity index (χ4n) is 1.55. The van der Waals surface area contributed by atoms with E-state index in [9.17, 15) is 19.3 Å². The first kappa shape index (κ1) is 14.5. The number of ether oxygens (including phenoxy) is 1. The maximum atomic E-state index is 13.1. The molecule has 0 spiro atoms. The van der Waals surface area contributed by atoms with Crippen LogP contribution in [0.1, 0.15) is 16.3 Å². The molecule has 2 rings (SSSR count). The average Bonchev–Trinajstić information content (AvgIpc) is 2.93. The zero-order chi connectivity index (χ0) is 15.4. The third-order valence-corrected chi connectivity index (χ3v) is 2.51. The van der Waals surface area contributed by atoms with Crippen molar-refractivity contribution >= 4 is 11.6 Å². The van der Waals surface area contributed by atoms with E-state index in [-0.39, 0.29) is 29.6 Å². The maximum absolute atomic E-state index is 13.1. The van der Waals surface area contributed by atoms with Crippen molar-refractivity contribution in [2.24, 2.45) is 5.84 Å². The quantitative estimate of drug-likeness (QED) is 0.373. The summed E-state index contributed by atoms with van der Waals surface area (Å²) in [4.78, 5) is 21.3. The number of benzene rings is 1. The van der Waals surface area contributed by atoms with Crippen LogP contribution in [0.25, 0.3) is 0 Å². The summed E-state index contributed by atoms with van der Waals surface area (Å²) in [6.45, 7) is -0.206. The van der Waals surface area contributed by atoms with Crippen molar-refractivity contribution in [2.45, 2.75) is 6.61 Å². The Morgan fingerprint density at radius 3 is 2.86 bits per heavy atom. The van der Waals surface area contributed by atoms with Crippen LogP contribution < -0.4 is 16.0 Å². The van der Waals surface area contributed by atoms with Gasteiger partial charge in [-0.05, 0) is 18.2 Å². The Hall–Kier alpha value is -2.94. The normalized spacial score (nSPS) is 10.2. The second kappa shape index (κ2) is 6.01. The molecule has 0 radical (unpaired) electrons. The van der Waals surface area contributed by atoms with Crippen molar-refractivity contribution in [3.8, 4) is 5.75 Å². The van der Waals surface area contributed by atoms with Gasteiger partial charge < -0.3 is 9.15 Å². The number of nitrogen functional groups attached to an aromatic ring is 1. The summed E-state index contributed by atoms with van der Waals surface area (Å²) in [6, 6.07) is 5.66. The van der Waals surface area contributed by atoms with Gasteiger partial charge in [-0.25, -0.2) is 10.2 Å². The molecule has 0 saturated carbocycles. The predicted octanol–water partition coefficient (Wildman–Crippen LogP) is 1.51. The molecule has 0 fully saturated rings. The number of carbonyl (C=O) groups is 1. The van der Waals surface area contributed by atoms with Crippen LogP contribution in [0.15, 0.2) is 34.7 Å². The summed E-state index contributed by atoms with van der Waals surface area (Å²) < 4.78 is 23.4. The minimum Gasteiger partial charge on any atom is -0.479 e. The number of furan rings is 1. The van der Waals surface area contributed by atoms with E-state index in [2.05, 4.69) is 0 Å². The maximum Gasteiger partial charge on any atom is 0.311 e. The van der Waals surface area contributed by atoms with Crippen LogP contribution in [-0.2, 0) is 6.61 Å². The van der Waals surface area contributed by atoms with Crippen molar-refractivity contribution in [1.29, 1.82) is 0 Å². The molecule has 0 aliphatic carbocycles. The van der Waals surface area contributed by atoms with Crippen LogP contribution in [0, 0.1) is 15.9 Å². The fourth-order valence-corrected chi connectivity index (χ4v) is 1.55. The number of nitrogens with zero attached hydrogens (tertiary/aromatic N) is 1. The first-order chi connectivity index (χ1) is 10.0. The Morgan fingerprint density at radius 1 is 1.43 bits per heavy atom. The molecule has 0 atom stereocenters. The molecule has 0 bridgehead atoms. The van der Waals surface area contributed by atoms with Gasteiger partial charge in [0.1, 0.15) is 18.2 Å². The first-order valence-electron chi connectivity index (χ1n) is 5.67. The van der Waals surface area contributed by atoms with Gasteiger partial charge in [0.25, 0.3) is 0 Å². The van der Waals surface area contributed by atoms with Gasteiger partial charge in [-0.1, -0.05) is 0 Å². The molecule has 0 unspecified atom stereocenters. The third kappa shape index (κ3) is 3.34. The number of hydrogen-bond acceptors (Lipinski definition) is 6. The zero-order valence-electron chi connectivity index (χ0n) is 10.5. The number of amides is 1. The molecule has 2 aromatic rings. The van der Waals surface area contributed by atoms with E-state index in [0.29, 0.717) is 0 Å². The molecule has 1 aromatic heterocycles. The van der Waals surface area contributed by atoms with E-state index in [0.717, 1.165) is 18.2 Å². The number of rotatable bonds is 5. The van der Waals surface area contributed by atoms with Crippen LogP contribution in [0.4, 0.5) is 10.1 Å². The summed E-state index contributed by atoms with van der Waals surface area (Å²) in [5.74, 6) is 3.60. The molecule has 0 aliphatic rings. The number of nitrogens with two attached hydrogens (primary N) is 1. The summed E-state index contributed by atoms with van der Waals surface area (Å²) in [5.41, 5.74) is 1.52. The molecule has 3 N–H and O–H groups in total. The minimum atomic E-state index is -0.690. The molecule has 110 valence electrons. The lowest BCUT2D eigenvalue weighted by Crippen LogP contribution is -2.29. The number of hydrogen-bond donors (Lipinski definition) is 2. The number of hydrazine groups is 1. The van der Waals surface area contributed by atoms with E-state index in [1.165, 1.54) is 12.1 Å². The molecular formula is C12H10FN3O5. The van der Waals surface area contributed by atoms with Crippen LogP contribution >= 0.6 is 0 Å². The minimum absolute atomic E-state index is 0.0372. The van der Waals surface area contributed by atoms with E-state index in [1.807, 2.05) is 5.43 Å². The average molecular weight is 295 g/mol. The van der Waals surface area contributed by atoms with Gasteiger partial charge in [-0.15, -0.1) is 0 Å². The van der Waals surface area contributed by atoms with Crippen molar-refractivity contribution in [2.75, 3.05) is 0 Å². The topological polar surface area (TPSA) is 121 Å². The van der Waals surface area contributed by atoms with Gasteiger partial charge in [0.15, 0.2) is 11.5 Å². The smallest absolute Gasteiger partial charge is 0.311 e. The molecule has 1 heterocycles. The van der Waals surface area contributed by atoms with Crippen molar-refractivity contribution < 1.29 is 23.3 Å². The van der Waals surface area contributed by atoms with Gasteiger partial charge >= 0.3 is 11.6 Å². The van der Waals surface area contributed by atoms with Gasteiger partial charge in [-0.2, -0.15) is 0 Å². The van der Waals surface area contributed by atoms with E-state index in [4.69, 9.17) is 15.0 Å². The van der Waals surface area contributed by atoms with Crippen molar-refractivity contribution in [3.63, 3.8) is 0 Å². The molecule has 0 saturated heterocycles. The molecule has 1 amide bonds. The van der Waals surface area contributed by atoms with Crippen molar-refractivity contribution in [3.05, 3.63) is 57.8 Å². The summed E-state index contributed by atoms with van der Waals surface area (Å²) in [5, 5.41) is 10.8. The van der Waals surface area contributed by atoms with E-state index < -0.39 is 16.6 Å². The van der Waals surface area contributed by atoms with Crippen molar-refractivity contribution in [1.82, 2.24) is 5.43 Å². The number of carbonyl (C=O) groups excluding carboxylic acids is 1. The highest BCUT2D eigenvalue weighted by Crippen LogP contribution is 2.28. The van der Waals surface area contributed by atoms with Gasteiger partial charge in [0.05, 0.1) is 4.92 Å². The predicted molar refractivity (Wildman–Crippen MR) is 67.7 cm³/mol. The Labute approximate surface area is 117 Å². The Balaban J connectivity index is 2.13. The number of nitro benzene ring substituents is 1. The van der Waals surface area contributed by atoms with Gasteiger partial charge in [-0.3, -0.25) is 20.3 Å². The number of nitro groups is 1. The Morgan fingerprint density at radius 2 is 2.19 bits per heavy atom. The highest BCUT2D eigenvalue weighted by Gasteiger charge is 2.17. The largest absolute Gasteiger partial charge is 0.479 e. The molecule has 8 nitrogen and oxygen atoms in total. The van der Waals surface area contributed by atoms with Crippen LogP contribution in [0.5, 0.6) is 5.75 Å². The van der Waals surface area contributed by atoms with Crippen LogP contribution in [0.3, 0.4) is 0 Å². The lowest BCUT2D eigenvalue weighted by molar-refractivity contribution is -0.386. The SMILES string of the molecule is NNC(=O)c1ccc(COc2cc(F)ccc2[N+](=O)[O-])o1. The fraction of sp³-hybridized carbons (Fsp3) is 0.0833. The second-order valence-corrected chi connectivity index (χ2v) is 3.90. The zero-order valence-corrected chi connectivity index (χ0v) is 10.5. The Bertz CT molecular complexity index is 685. The highest BCUT2D eigenvalue weighted by atomic mass is 19.1. The number of halogens is 1. The second-order valence-electron chi connectivity index (χ2n) is 3.90. The monoisotopic (exact) mass is 295 g/mol. The van der Waals surface area contributed by atoms with Crippen LogP contribution in [0.2, 0.25) is 0 Å². The van der Waals surface area contributed by atoms with E-state index >= 15 is 0 Å². The number of nitrogens with one attached hydrogen (secondary N) is 1. The molecule has 9 heteroatoms. The van der Waals surface area contributed by atoms with Gasteiger partial charge in [0.2, 0.25) is 0 Å². The first-order valence-corrected chi connectivity index (χ1v) is 5.67. The van der Waals surface area contributed by atoms with Crippen LogP contribution in [-0.4, -0.2) is 10.8 Å².